The molecule has 0 amide bonds. The van der Waals surface area contributed by atoms with E-state index in [-0.39, 0.29) is 12.1 Å². The fourth-order valence-corrected chi connectivity index (χ4v) is 3.75. The highest BCUT2D eigenvalue weighted by Crippen LogP contribution is 2.17. The molecule has 0 aromatic carbocycles. The zero-order valence-corrected chi connectivity index (χ0v) is 19.3. The molecule has 0 aliphatic carbocycles. The third-order valence-corrected chi connectivity index (χ3v) is 5.63. The molecule has 0 spiro atoms. The maximum Gasteiger partial charge on any atom is 0.306 e. The normalized spacial score (nSPS) is 11.2. The Labute approximate surface area is 172 Å². The van der Waals surface area contributed by atoms with Gasteiger partial charge in [0, 0.05) is 11.8 Å². The zero-order chi connectivity index (χ0) is 19.3. The maximum absolute atomic E-state index is 12.2. The monoisotopic (exact) mass is 432 g/mol. The van der Waals surface area contributed by atoms with Crippen LogP contribution >= 0.6 is 15.9 Å². The van der Waals surface area contributed by atoms with E-state index in [2.05, 4.69) is 29.8 Å². The first-order valence-electron chi connectivity index (χ1n) is 11.5. The van der Waals surface area contributed by atoms with Crippen molar-refractivity contribution in [2.75, 3.05) is 5.33 Å². The molecule has 0 fully saturated rings. The van der Waals surface area contributed by atoms with Crippen molar-refractivity contribution in [2.45, 2.75) is 136 Å². The van der Waals surface area contributed by atoms with Gasteiger partial charge in [-0.15, -0.1) is 0 Å². The third kappa shape index (κ3) is 18.7. The first-order valence-corrected chi connectivity index (χ1v) is 12.6. The predicted octanol–water partition coefficient (Wildman–Crippen LogP) is 8.35. The van der Waals surface area contributed by atoms with E-state index in [1.807, 2.05) is 0 Å². The summed E-state index contributed by atoms with van der Waals surface area (Å²) in [7, 11) is 0. The van der Waals surface area contributed by atoms with Gasteiger partial charge in [0.05, 0.1) is 0 Å². The van der Waals surface area contributed by atoms with E-state index in [4.69, 9.17) is 4.74 Å². The average molecular weight is 434 g/mol. The van der Waals surface area contributed by atoms with Gasteiger partial charge in [-0.05, 0) is 38.5 Å². The molecule has 3 heteroatoms. The van der Waals surface area contributed by atoms with Crippen LogP contribution in [0, 0.1) is 0 Å². The van der Waals surface area contributed by atoms with Crippen molar-refractivity contribution in [2.24, 2.45) is 0 Å². The highest BCUT2D eigenvalue weighted by atomic mass is 79.9. The van der Waals surface area contributed by atoms with Crippen molar-refractivity contribution >= 4 is 21.9 Å². The van der Waals surface area contributed by atoms with Crippen molar-refractivity contribution in [3.05, 3.63) is 0 Å². The fraction of sp³-hybridized carbons (Fsp3) is 0.957. The molecule has 0 aliphatic heterocycles. The number of carbonyl (C=O) groups is 1. The van der Waals surface area contributed by atoms with Gasteiger partial charge in [-0.1, -0.05) is 100 Å². The topological polar surface area (TPSA) is 26.3 Å². The van der Waals surface area contributed by atoms with Crippen molar-refractivity contribution in [3.8, 4) is 0 Å². The Hall–Kier alpha value is -0.0500. The summed E-state index contributed by atoms with van der Waals surface area (Å²) in [6.07, 6.45) is 21.6. The molecule has 0 saturated carbocycles. The largest absolute Gasteiger partial charge is 0.462 e. The molecule has 0 bridgehead atoms. The molecule has 0 aliphatic rings. The molecule has 0 radical (unpaired) electrons. The number of hydrogen-bond acceptors (Lipinski definition) is 2. The molecule has 0 unspecified atom stereocenters. The lowest BCUT2D eigenvalue weighted by Gasteiger charge is -2.18. The van der Waals surface area contributed by atoms with E-state index in [0.29, 0.717) is 6.42 Å². The van der Waals surface area contributed by atoms with Gasteiger partial charge in [-0.2, -0.15) is 0 Å². The van der Waals surface area contributed by atoms with Crippen LogP contribution in [0.2, 0.25) is 0 Å². The lowest BCUT2D eigenvalue weighted by molar-refractivity contribution is -0.150. The summed E-state index contributed by atoms with van der Waals surface area (Å²) in [5.41, 5.74) is 0. The van der Waals surface area contributed by atoms with Crippen LogP contribution in [0.15, 0.2) is 0 Å². The van der Waals surface area contributed by atoms with Crippen LogP contribution in [-0.4, -0.2) is 17.4 Å². The quantitative estimate of drug-likeness (QED) is 0.110. The number of unbranched alkanes of at least 4 members (excludes halogenated alkanes) is 12. The standard InChI is InChI=1S/C23H45BrO2/c1-3-5-7-10-14-18-22(19-15-11-8-6-4-2)26-23(25)20-16-12-9-13-17-21-24/h22H,3-21H2,1-2H3. The summed E-state index contributed by atoms with van der Waals surface area (Å²) in [5.74, 6) is 0.0395. The van der Waals surface area contributed by atoms with Gasteiger partial charge < -0.3 is 4.74 Å². The molecule has 0 heterocycles. The number of alkyl halides is 1. The SMILES string of the molecule is CCCCCCCC(CCCCCCC)OC(=O)CCCCCCCBr. The Morgan fingerprint density at radius 3 is 1.69 bits per heavy atom. The second kappa shape index (κ2) is 21.3. The second-order valence-corrected chi connectivity index (χ2v) is 8.52. The number of esters is 1. The Kier molecular flexibility index (Phi) is 21.2. The van der Waals surface area contributed by atoms with E-state index < -0.39 is 0 Å². The molecule has 0 aromatic rings. The number of carbonyl (C=O) groups excluding carboxylic acids is 1. The number of halogens is 1. The number of hydrogen-bond donors (Lipinski definition) is 0. The van der Waals surface area contributed by atoms with Crippen molar-refractivity contribution in [1.82, 2.24) is 0 Å². The lowest BCUT2D eigenvalue weighted by Crippen LogP contribution is -2.18. The van der Waals surface area contributed by atoms with Crippen molar-refractivity contribution in [1.29, 1.82) is 0 Å². The van der Waals surface area contributed by atoms with Gasteiger partial charge in [0.2, 0.25) is 0 Å². The van der Waals surface area contributed by atoms with E-state index in [1.54, 1.807) is 0 Å². The maximum atomic E-state index is 12.2. The zero-order valence-electron chi connectivity index (χ0n) is 17.7. The molecule has 0 atom stereocenters. The highest BCUT2D eigenvalue weighted by Gasteiger charge is 2.14. The minimum atomic E-state index is 0.0395. The first kappa shape index (κ1) is 26.0. The van der Waals surface area contributed by atoms with Gasteiger partial charge >= 0.3 is 5.97 Å². The Morgan fingerprint density at radius 2 is 1.15 bits per heavy atom. The van der Waals surface area contributed by atoms with Crippen molar-refractivity contribution in [3.63, 3.8) is 0 Å². The van der Waals surface area contributed by atoms with Crippen LogP contribution < -0.4 is 0 Å². The average Bonchev–Trinajstić information content (AvgIpc) is 2.64. The molecular formula is C23H45BrO2. The number of rotatable bonds is 20. The van der Waals surface area contributed by atoms with Gasteiger partial charge in [0.1, 0.15) is 6.10 Å². The summed E-state index contributed by atoms with van der Waals surface area (Å²) in [6, 6.07) is 0. The Balaban J connectivity index is 3.95. The van der Waals surface area contributed by atoms with Gasteiger partial charge in [0.15, 0.2) is 0 Å². The lowest BCUT2D eigenvalue weighted by atomic mass is 10.0. The fourth-order valence-electron chi connectivity index (χ4n) is 3.35. The summed E-state index contributed by atoms with van der Waals surface area (Å²) in [6.45, 7) is 4.50. The summed E-state index contributed by atoms with van der Waals surface area (Å²) in [4.78, 5) is 12.2. The molecule has 0 N–H and O–H groups in total. The molecular weight excluding hydrogens is 388 g/mol. The number of ether oxygens (including phenoxy) is 1. The van der Waals surface area contributed by atoms with Crippen LogP contribution in [0.4, 0.5) is 0 Å². The van der Waals surface area contributed by atoms with Crippen LogP contribution in [0.5, 0.6) is 0 Å². The van der Waals surface area contributed by atoms with Gasteiger partial charge in [-0.25, -0.2) is 0 Å². The Bertz CT molecular complexity index is 280. The van der Waals surface area contributed by atoms with E-state index in [9.17, 15) is 4.79 Å². The molecule has 0 rings (SSSR count). The second-order valence-electron chi connectivity index (χ2n) is 7.72. The van der Waals surface area contributed by atoms with E-state index in [0.717, 1.165) is 31.0 Å². The van der Waals surface area contributed by atoms with E-state index >= 15 is 0 Å². The van der Waals surface area contributed by atoms with Crippen LogP contribution in [0.25, 0.3) is 0 Å². The van der Waals surface area contributed by atoms with Crippen LogP contribution in [0.3, 0.4) is 0 Å². The summed E-state index contributed by atoms with van der Waals surface area (Å²) < 4.78 is 5.84. The Morgan fingerprint density at radius 1 is 0.692 bits per heavy atom. The summed E-state index contributed by atoms with van der Waals surface area (Å²) in [5, 5.41) is 1.09. The molecule has 0 saturated heterocycles. The minimum Gasteiger partial charge on any atom is -0.462 e. The van der Waals surface area contributed by atoms with Gasteiger partial charge in [0.25, 0.3) is 0 Å². The predicted molar refractivity (Wildman–Crippen MR) is 118 cm³/mol. The minimum absolute atomic E-state index is 0.0395. The van der Waals surface area contributed by atoms with Crippen LogP contribution in [-0.2, 0) is 9.53 Å². The molecule has 2 nitrogen and oxygen atoms in total. The third-order valence-electron chi connectivity index (χ3n) is 5.07. The molecule has 26 heavy (non-hydrogen) atoms. The smallest absolute Gasteiger partial charge is 0.306 e. The first-order chi connectivity index (χ1) is 12.7. The highest BCUT2D eigenvalue weighted by molar-refractivity contribution is 9.09. The molecule has 156 valence electrons. The van der Waals surface area contributed by atoms with Crippen LogP contribution in [0.1, 0.15) is 129 Å². The summed E-state index contributed by atoms with van der Waals surface area (Å²) >= 11 is 3.46. The van der Waals surface area contributed by atoms with Crippen molar-refractivity contribution < 1.29 is 9.53 Å². The molecule has 0 aromatic heterocycles. The van der Waals surface area contributed by atoms with E-state index in [1.165, 1.54) is 83.5 Å². The van der Waals surface area contributed by atoms with Gasteiger partial charge in [-0.3, -0.25) is 4.79 Å².